The van der Waals surface area contributed by atoms with Gasteiger partial charge in [0.1, 0.15) is 6.61 Å². The zero-order valence-electron chi connectivity index (χ0n) is 16.1. The summed E-state index contributed by atoms with van der Waals surface area (Å²) in [5, 5.41) is 8.47. The number of hydrogen-bond acceptors (Lipinski definition) is 6. The van der Waals surface area contributed by atoms with E-state index in [0.29, 0.717) is 39.5 Å². The Kier molecular flexibility index (Phi) is 10.3. The van der Waals surface area contributed by atoms with Crippen molar-refractivity contribution in [2.24, 2.45) is 0 Å². The van der Waals surface area contributed by atoms with Crippen LogP contribution in [0.1, 0.15) is 24.8 Å². The summed E-state index contributed by atoms with van der Waals surface area (Å²) in [6.45, 7) is 3.45. The zero-order valence-corrected chi connectivity index (χ0v) is 16.1. The van der Waals surface area contributed by atoms with Gasteiger partial charge in [-0.05, 0) is 18.4 Å². The third kappa shape index (κ3) is 9.16. The van der Waals surface area contributed by atoms with Crippen LogP contribution in [0, 0.1) is 0 Å². The Morgan fingerprint density at radius 2 is 1.61 bits per heavy atom. The fraction of sp³-hybridized carbons (Fsp3) is 0.600. The lowest BCUT2D eigenvalue weighted by atomic mass is 10.1. The normalized spacial score (nSPS) is 14.8. The summed E-state index contributed by atoms with van der Waals surface area (Å²) in [5.41, 5.74) is 0.973. The van der Waals surface area contributed by atoms with Crippen LogP contribution in [0.4, 0.5) is 4.79 Å². The smallest absolute Gasteiger partial charge is 0.410 e. The Morgan fingerprint density at radius 3 is 2.29 bits per heavy atom. The molecule has 1 aliphatic rings. The van der Waals surface area contributed by atoms with Crippen molar-refractivity contribution in [3.63, 3.8) is 0 Å². The van der Waals surface area contributed by atoms with Gasteiger partial charge in [0.2, 0.25) is 0 Å². The van der Waals surface area contributed by atoms with Gasteiger partial charge in [0.25, 0.3) is 0 Å². The van der Waals surface area contributed by atoms with E-state index in [9.17, 15) is 9.59 Å². The molecule has 8 nitrogen and oxygen atoms in total. The number of carbonyl (C=O) groups is 2. The van der Waals surface area contributed by atoms with Crippen molar-refractivity contribution in [1.29, 1.82) is 0 Å². The molecule has 1 saturated heterocycles. The molecular weight excluding hydrogens is 366 g/mol. The van der Waals surface area contributed by atoms with Crippen molar-refractivity contribution in [1.82, 2.24) is 4.90 Å². The summed E-state index contributed by atoms with van der Waals surface area (Å²) in [6.07, 6.45) is 1.39. The number of carbonyl (C=O) groups excluding carboxylic acids is 1. The second kappa shape index (κ2) is 13.1. The Morgan fingerprint density at radius 1 is 0.964 bits per heavy atom. The molecule has 28 heavy (non-hydrogen) atoms. The molecule has 0 aromatic heterocycles. The van der Waals surface area contributed by atoms with Crippen LogP contribution in [-0.4, -0.2) is 74.3 Å². The van der Waals surface area contributed by atoms with Crippen LogP contribution in [0.25, 0.3) is 0 Å². The summed E-state index contributed by atoms with van der Waals surface area (Å²) >= 11 is 0. The lowest BCUT2D eigenvalue weighted by Crippen LogP contribution is -2.41. The van der Waals surface area contributed by atoms with E-state index in [2.05, 4.69) is 0 Å². The SMILES string of the molecule is O=C(O)CCOCCOCCOC1CCN(C(=O)OCc2ccccc2)CC1. The zero-order chi connectivity index (χ0) is 20.0. The van der Waals surface area contributed by atoms with Crippen molar-refractivity contribution < 1.29 is 33.6 Å². The number of aliphatic carboxylic acids is 1. The summed E-state index contributed by atoms with van der Waals surface area (Å²) < 4.78 is 21.6. The Hall–Kier alpha value is -2.16. The Bertz CT molecular complexity index is 573. The van der Waals surface area contributed by atoms with Gasteiger partial charge in [-0.2, -0.15) is 0 Å². The number of carboxylic acids is 1. The highest BCUT2D eigenvalue weighted by Gasteiger charge is 2.24. The third-order valence-electron chi connectivity index (χ3n) is 4.32. The molecule has 1 amide bonds. The molecule has 0 bridgehead atoms. The van der Waals surface area contributed by atoms with E-state index in [-0.39, 0.29) is 31.8 Å². The van der Waals surface area contributed by atoms with E-state index in [4.69, 9.17) is 24.1 Å². The quantitative estimate of drug-likeness (QED) is 0.543. The molecule has 2 rings (SSSR count). The maximum atomic E-state index is 12.1. The Balaban J connectivity index is 1.46. The van der Waals surface area contributed by atoms with E-state index in [1.165, 1.54) is 0 Å². The molecule has 0 saturated carbocycles. The number of hydrogen-bond donors (Lipinski definition) is 1. The molecule has 1 aromatic carbocycles. The number of rotatable bonds is 12. The van der Waals surface area contributed by atoms with Crippen molar-refractivity contribution in [3.8, 4) is 0 Å². The highest BCUT2D eigenvalue weighted by molar-refractivity contribution is 5.67. The number of ether oxygens (including phenoxy) is 4. The first-order chi connectivity index (χ1) is 13.6. The molecule has 1 N–H and O–H groups in total. The van der Waals surface area contributed by atoms with E-state index in [1.807, 2.05) is 30.3 Å². The van der Waals surface area contributed by atoms with Crippen LogP contribution >= 0.6 is 0 Å². The van der Waals surface area contributed by atoms with Crippen molar-refractivity contribution in [3.05, 3.63) is 35.9 Å². The number of nitrogens with zero attached hydrogens (tertiary/aromatic N) is 1. The van der Waals surface area contributed by atoms with Gasteiger partial charge in [0.15, 0.2) is 0 Å². The molecular formula is C20H29NO7. The fourth-order valence-electron chi connectivity index (χ4n) is 2.77. The molecule has 0 radical (unpaired) electrons. The van der Waals surface area contributed by atoms with E-state index < -0.39 is 5.97 Å². The summed E-state index contributed by atoms with van der Waals surface area (Å²) in [5.74, 6) is -0.871. The first-order valence-electron chi connectivity index (χ1n) is 9.59. The topological polar surface area (TPSA) is 94.5 Å². The maximum Gasteiger partial charge on any atom is 0.410 e. The molecule has 0 unspecified atom stereocenters. The fourth-order valence-corrected chi connectivity index (χ4v) is 2.77. The number of benzene rings is 1. The van der Waals surface area contributed by atoms with Crippen LogP contribution in [0.2, 0.25) is 0 Å². The molecule has 1 heterocycles. The van der Waals surface area contributed by atoms with Gasteiger partial charge >= 0.3 is 12.1 Å². The van der Waals surface area contributed by atoms with Gasteiger partial charge in [-0.25, -0.2) is 4.79 Å². The lowest BCUT2D eigenvalue weighted by Gasteiger charge is -2.31. The Labute approximate surface area is 165 Å². The minimum atomic E-state index is -0.871. The van der Waals surface area contributed by atoms with Gasteiger partial charge in [0.05, 0.1) is 45.6 Å². The molecule has 156 valence electrons. The van der Waals surface area contributed by atoms with Gasteiger partial charge in [0, 0.05) is 13.1 Å². The third-order valence-corrected chi connectivity index (χ3v) is 4.32. The monoisotopic (exact) mass is 395 g/mol. The van der Waals surface area contributed by atoms with Crippen molar-refractivity contribution >= 4 is 12.1 Å². The van der Waals surface area contributed by atoms with Crippen molar-refractivity contribution in [2.45, 2.75) is 32.0 Å². The number of piperidine rings is 1. The number of likely N-dealkylation sites (tertiary alicyclic amines) is 1. The molecule has 0 atom stereocenters. The first-order valence-corrected chi connectivity index (χ1v) is 9.59. The standard InChI is InChI=1S/C20H29NO7/c22-19(23)8-11-25-12-13-26-14-15-27-18-6-9-21(10-7-18)20(24)28-16-17-4-2-1-3-5-17/h1-5,18H,6-16H2,(H,22,23). The van der Waals surface area contributed by atoms with Gasteiger partial charge in [-0.3, -0.25) is 4.79 Å². The van der Waals surface area contributed by atoms with Crippen molar-refractivity contribution in [2.75, 3.05) is 46.1 Å². The molecule has 1 aliphatic heterocycles. The molecule has 1 aromatic rings. The molecule has 1 fully saturated rings. The molecule has 0 spiro atoms. The predicted octanol–water partition coefficient (Wildman–Crippen LogP) is 2.31. The largest absolute Gasteiger partial charge is 0.481 e. The molecule has 8 heteroatoms. The predicted molar refractivity (Wildman–Crippen MR) is 101 cm³/mol. The van der Waals surface area contributed by atoms with E-state index in [1.54, 1.807) is 4.90 Å². The average molecular weight is 395 g/mol. The minimum Gasteiger partial charge on any atom is -0.481 e. The highest BCUT2D eigenvalue weighted by atomic mass is 16.6. The summed E-state index contributed by atoms with van der Waals surface area (Å²) in [7, 11) is 0. The van der Waals surface area contributed by atoms with Crippen LogP contribution < -0.4 is 0 Å². The van der Waals surface area contributed by atoms with Crippen LogP contribution in [0.15, 0.2) is 30.3 Å². The lowest BCUT2D eigenvalue weighted by molar-refractivity contribution is -0.138. The highest BCUT2D eigenvalue weighted by Crippen LogP contribution is 2.15. The first kappa shape index (κ1) is 22.1. The van der Waals surface area contributed by atoms with E-state index in [0.717, 1.165) is 18.4 Å². The van der Waals surface area contributed by atoms with Crippen LogP contribution in [-0.2, 0) is 30.3 Å². The number of amides is 1. The van der Waals surface area contributed by atoms with Crippen LogP contribution in [0.3, 0.4) is 0 Å². The van der Waals surface area contributed by atoms with Gasteiger partial charge in [-0.1, -0.05) is 30.3 Å². The second-order valence-electron chi connectivity index (χ2n) is 6.47. The molecule has 0 aliphatic carbocycles. The van der Waals surface area contributed by atoms with Gasteiger partial charge in [-0.15, -0.1) is 0 Å². The summed E-state index contributed by atoms with van der Waals surface area (Å²) in [6, 6.07) is 9.62. The van der Waals surface area contributed by atoms with Crippen LogP contribution in [0.5, 0.6) is 0 Å². The second-order valence-corrected chi connectivity index (χ2v) is 6.47. The number of carboxylic acid groups (broad SMARTS) is 1. The summed E-state index contributed by atoms with van der Waals surface area (Å²) in [4.78, 5) is 24.2. The van der Waals surface area contributed by atoms with Gasteiger partial charge < -0.3 is 29.0 Å². The average Bonchev–Trinajstić information content (AvgIpc) is 2.72. The minimum absolute atomic E-state index is 0.00159. The van der Waals surface area contributed by atoms with E-state index >= 15 is 0 Å². The maximum absolute atomic E-state index is 12.1.